The molecule has 1 unspecified atom stereocenters. The fourth-order valence-electron chi connectivity index (χ4n) is 1.92. The lowest BCUT2D eigenvalue weighted by Crippen LogP contribution is -2.26. The van der Waals surface area contributed by atoms with Gasteiger partial charge in [0.1, 0.15) is 0 Å². The average molecular weight is 255 g/mol. The van der Waals surface area contributed by atoms with E-state index in [0.29, 0.717) is 5.92 Å². The minimum atomic E-state index is 0.278. The van der Waals surface area contributed by atoms with Gasteiger partial charge in [0.15, 0.2) is 5.82 Å². The Balaban J connectivity index is 1.82. The Morgan fingerprint density at radius 1 is 1.47 bits per heavy atom. The average Bonchev–Trinajstić information content (AvgIpc) is 2.78. The van der Waals surface area contributed by atoms with E-state index in [2.05, 4.69) is 29.3 Å². The van der Waals surface area contributed by atoms with Gasteiger partial charge in [-0.3, -0.25) is 0 Å². The number of piperidine rings is 1. The van der Waals surface area contributed by atoms with E-state index < -0.39 is 0 Å². The smallest absolute Gasteiger partial charge is 0.243 e. The van der Waals surface area contributed by atoms with Crippen LogP contribution in [0.25, 0.3) is 0 Å². The van der Waals surface area contributed by atoms with Crippen molar-refractivity contribution in [3.8, 4) is 0 Å². The maximum Gasteiger partial charge on any atom is 0.243 e. The van der Waals surface area contributed by atoms with Crippen molar-refractivity contribution in [1.29, 1.82) is 0 Å². The van der Waals surface area contributed by atoms with Gasteiger partial charge in [-0.05, 0) is 31.1 Å². The van der Waals surface area contributed by atoms with Gasteiger partial charge in [-0.15, -0.1) is 0 Å². The molecule has 2 rings (SSSR count). The van der Waals surface area contributed by atoms with Crippen LogP contribution >= 0.6 is 11.8 Å². The Kier molecular flexibility index (Phi) is 4.86. The zero-order valence-corrected chi connectivity index (χ0v) is 11.4. The third-order valence-electron chi connectivity index (χ3n) is 2.77. The lowest BCUT2D eigenvalue weighted by Gasteiger charge is -2.19. The van der Waals surface area contributed by atoms with Crippen molar-refractivity contribution >= 4 is 11.8 Å². The summed E-state index contributed by atoms with van der Waals surface area (Å²) < 4.78 is 5.32. The van der Waals surface area contributed by atoms with Gasteiger partial charge < -0.3 is 9.84 Å². The highest BCUT2D eigenvalue weighted by Crippen LogP contribution is 2.22. The molecule has 0 amide bonds. The summed E-state index contributed by atoms with van der Waals surface area (Å²) >= 11 is 1.87. The van der Waals surface area contributed by atoms with Crippen LogP contribution in [0.4, 0.5) is 0 Å². The first-order valence-corrected chi connectivity index (χ1v) is 7.55. The van der Waals surface area contributed by atoms with Gasteiger partial charge in [0, 0.05) is 0 Å². The minimum absolute atomic E-state index is 0.278. The van der Waals surface area contributed by atoms with Gasteiger partial charge >= 0.3 is 0 Å². The summed E-state index contributed by atoms with van der Waals surface area (Å²) in [5.41, 5.74) is 0. The molecule has 0 saturated carbocycles. The number of aromatic nitrogens is 2. The molecule has 0 bridgehead atoms. The summed E-state index contributed by atoms with van der Waals surface area (Å²) in [6, 6.07) is 0.278. The van der Waals surface area contributed by atoms with E-state index in [0.717, 1.165) is 36.2 Å². The summed E-state index contributed by atoms with van der Waals surface area (Å²) in [6.07, 6.45) is 3.61. The maximum absolute atomic E-state index is 5.32. The van der Waals surface area contributed by atoms with Crippen molar-refractivity contribution in [3.05, 3.63) is 11.7 Å². The zero-order valence-electron chi connectivity index (χ0n) is 10.6. The maximum atomic E-state index is 5.32. The molecule has 1 atom stereocenters. The highest BCUT2D eigenvalue weighted by atomic mass is 32.2. The van der Waals surface area contributed by atoms with Crippen molar-refractivity contribution in [2.45, 2.75) is 44.9 Å². The number of hydrogen-bond donors (Lipinski definition) is 1. The SMILES string of the molecule is CC(C)CSCc1noc(C2CCCCN2)n1. The molecule has 1 saturated heterocycles. The Morgan fingerprint density at radius 2 is 2.35 bits per heavy atom. The van der Waals surface area contributed by atoms with Crippen molar-refractivity contribution in [2.75, 3.05) is 12.3 Å². The summed E-state index contributed by atoms with van der Waals surface area (Å²) in [5.74, 6) is 4.31. The van der Waals surface area contributed by atoms with Crippen LogP contribution in [-0.4, -0.2) is 22.4 Å². The predicted molar refractivity (Wildman–Crippen MR) is 69.9 cm³/mol. The zero-order chi connectivity index (χ0) is 12.1. The van der Waals surface area contributed by atoms with Gasteiger partial charge in [-0.2, -0.15) is 16.7 Å². The van der Waals surface area contributed by atoms with Gasteiger partial charge in [-0.25, -0.2) is 0 Å². The molecule has 1 aromatic rings. The number of hydrogen-bond acceptors (Lipinski definition) is 5. The van der Waals surface area contributed by atoms with Crippen molar-refractivity contribution in [3.63, 3.8) is 0 Å². The number of rotatable bonds is 5. The highest BCUT2D eigenvalue weighted by Gasteiger charge is 2.20. The Hall–Kier alpha value is -0.550. The summed E-state index contributed by atoms with van der Waals surface area (Å²) in [7, 11) is 0. The van der Waals surface area contributed by atoms with Crippen molar-refractivity contribution < 1.29 is 4.52 Å². The molecule has 96 valence electrons. The van der Waals surface area contributed by atoms with Gasteiger partial charge in [0.05, 0.1) is 11.8 Å². The molecule has 17 heavy (non-hydrogen) atoms. The lowest BCUT2D eigenvalue weighted by atomic mass is 10.1. The quantitative estimate of drug-likeness (QED) is 0.876. The molecule has 1 aliphatic rings. The van der Waals surface area contributed by atoms with E-state index in [1.165, 1.54) is 12.8 Å². The molecule has 0 spiro atoms. The standard InChI is InChI=1S/C12H21N3OS/c1-9(2)7-17-8-11-14-12(16-15-11)10-5-3-4-6-13-10/h9-10,13H,3-8H2,1-2H3. The molecule has 0 aromatic carbocycles. The Morgan fingerprint density at radius 3 is 3.06 bits per heavy atom. The second kappa shape index (κ2) is 6.40. The van der Waals surface area contributed by atoms with Gasteiger partial charge in [0.2, 0.25) is 5.89 Å². The normalized spacial score (nSPS) is 21.0. The number of thioether (sulfide) groups is 1. The van der Waals surface area contributed by atoms with Crippen LogP contribution in [0.1, 0.15) is 50.9 Å². The van der Waals surface area contributed by atoms with Crippen LogP contribution in [0.15, 0.2) is 4.52 Å². The van der Waals surface area contributed by atoms with E-state index in [-0.39, 0.29) is 6.04 Å². The molecule has 1 aliphatic heterocycles. The second-order valence-corrected chi connectivity index (χ2v) is 5.99. The first-order valence-electron chi connectivity index (χ1n) is 6.39. The Bertz CT molecular complexity index is 334. The molecular formula is C12H21N3OS. The number of nitrogens with one attached hydrogen (secondary N) is 1. The van der Waals surface area contributed by atoms with Crippen molar-refractivity contribution in [1.82, 2.24) is 15.5 Å². The molecule has 1 N–H and O–H groups in total. The lowest BCUT2D eigenvalue weighted by molar-refractivity contribution is 0.296. The van der Waals surface area contributed by atoms with E-state index in [9.17, 15) is 0 Å². The van der Waals surface area contributed by atoms with Crippen LogP contribution in [0.2, 0.25) is 0 Å². The van der Waals surface area contributed by atoms with E-state index >= 15 is 0 Å². The van der Waals surface area contributed by atoms with Crippen LogP contribution in [0, 0.1) is 5.92 Å². The molecular weight excluding hydrogens is 234 g/mol. The minimum Gasteiger partial charge on any atom is -0.338 e. The summed E-state index contributed by atoms with van der Waals surface area (Å²) in [5, 5.41) is 7.46. The van der Waals surface area contributed by atoms with E-state index in [1.54, 1.807) is 0 Å². The fourth-order valence-corrected chi connectivity index (χ4v) is 2.81. The molecule has 5 heteroatoms. The first-order chi connectivity index (χ1) is 8.25. The topological polar surface area (TPSA) is 51.0 Å². The first kappa shape index (κ1) is 12.9. The van der Waals surface area contributed by atoms with Crippen LogP contribution < -0.4 is 5.32 Å². The van der Waals surface area contributed by atoms with Crippen molar-refractivity contribution in [2.24, 2.45) is 5.92 Å². The Labute approximate surface area is 107 Å². The monoisotopic (exact) mass is 255 g/mol. The van der Waals surface area contributed by atoms with Crippen LogP contribution in [0.5, 0.6) is 0 Å². The molecule has 1 aromatic heterocycles. The van der Waals surface area contributed by atoms with E-state index in [4.69, 9.17) is 4.52 Å². The fraction of sp³-hybridized carbons (Fsp3) is 0.833. The van der Waals surface area contributed by atoms with Crippen LogP contribution in [0.3, 0.4) is 0 Å². The van der Waals surface area contributed by atoms with E-state index in [1.807, 2.05) is 11.8 Å². The van der Waals surface area contributed by atoms with Gasteiger partial charge in [0.25, 0.3) is 0 Å². The largest absolute Gasteiger partial charge is 0.338 e. The second-order valence-electron chi connectivity index (χ2n) is 4.96. The molecule has 0 aliphatic carbocycles. The molecule has 2 heterocycles. The molecule has 4 nitrogen and oxygen atoms in total. The predicted octanol–water partition coefficient (Wildman–Crippen LogP) is 2.77. The molecule has 0 radical (unpaired) electrons. The number of nitrogens with zero attached hydrogens (tertiary/aromatic N) is 2. The van der Waals surface area contributed by atoms with Crippen LogP contribution in [-0.2, 0) is 5.75 Å². The highest BCUT2D eigenvalue weighted by molar-refractivity contribution is 7.98. The third kappa shape index (κ3) is 4.00. The summed E-state index contributed by atoms with van der Waals surface area (Å²) in [6.45, 7) is 5.51. The van der Waals surface area contributed by atoms with Gasteiger partial charge in [-0.1, -0.05) is 25.4 Å². The third-order valence-corrected chi connectivity index (χ3v) is 4.14. The molecule has 1 fully saturated rings. The summed E-state index contributed by atoms with van der Waals surface area (Å²) in [4.78, 5) is 4.47.